The first kappa shape index (κ1) is 20.8. The van der Waals surface area contributed by atoms with Gasteiger partial charge in [0.1, 0.15) is 5.88 Å². The Morgan fingerprint density at radius 2 is 1.71 bits per heavy atom. The highest BCUT2D eigenvalue weighted by Gasteiger charge is 2.24. The second kappa shape index (κ2) is 7.48. The van der Waals surface area contributed by atoms with E-state index in [9.17, 15) is 8.42 Å². The van der Waals surface area contributed by atoms with Gasteiger partial charge in [-0.15, -0.1) is 21.8 Å². The molecule has 0 bridgehead atoms. The molecule has 2 aromatic carbocycles. The number of nitrogens with zero attached hydrogens (tertiary/aromatic N) is 2. The molecule has 9 heteroatoms. The fourth-order valence-electron chi connectivity index (χ4n) is 2.79. The monoisotopic (exact) mass is 439 g/mol. The fourth-order valence-corrected chi connectivity index (χ4v) is 3.85. The van der Waals surface area contributed by atoms with Gasteiger partial charge in [-0.2, -0.15) is 0 Å². The summed E-state index contributed by atoms with van der Waals surface area (Å²) in [5, 5.41) is 13.8. The van der Waals surface area contributed by atoms with Gasteiger partial charge in [0.2, 0.25) is 21.8 Å². The Morgan fingerprint density at radius 3 is 2.29 bits per heavy atom. The third kappa shape index (κ3) is 4.22. The number of halogens is 2. The number of sulfonamides is 1. The van der Waals surface area contributed by atoms with Crippen LogP contribution in [-0.4, -0.2) is 18.6 Å². The molecule has 0 radical (unpaired) electrons. The second-order valence-electron chi connectivity index (χ2n) is 7.33. The molecule has 148 valence electrons. The van der Waals surface area contributed by atoms with Crippen LogP contribution in [0.3, 0.4) is 0 Å². The molecule has 3 aromatic rings. The second-order valence-corrected chi connectivity index (χ2v) is 9.56. The van der Waals surface area contributed by atoms with E-state index in [1.807, 2.05) is 26.8 Å². The van der Waals surface area contributed by atoms with Crippen molar-refractivity contribution in [2.75, 3.05) is 0 Å². The summed E-state index contributed by atoms with van der Waals surface area (Å²) >= 11 is 11.9. The topological polar surface area (TPSA) is 99.1 Å². The average molecular weight is 440 g/mol. The van der Waals surface area contributed by atoms with E-state index in [1.165, 1.54) is 0 Å². The van der Waals surface area contributed by atoms with Gasteiger partial charge in [-0.3, -0.25) is 0 Å². The predicted molar refractivity (Wildman–Crippen MR) is 110 cm³/mol. The molecule has 0 amide bonds. The molecule has 2 N–H and O–H groups in total. The van der Waals surface area contributed by atoms with Crippen molar-refractivity contribution < 1.29 is 12.8 Å². The summed E-state index contributed by atoms with van der Waals surface area (Å²) in [5.41, 5.74) is 2.07. The molecule has 1 heterocycles. The number of nitrogens with two attached hydrogens (primary N) is 1. The molecule has 28 heavy (non-hydrogen) atoms. The average Bonchev–Trinajstić information content (AvgIpc) is 3.09. The summed E-state index contributed by atoms with van der Waals surface area (Å²) in [6.07, 6.45) is 0. The minimum absolute atomic E-state index is 0.0144. The SMILES string of the molecule is CC(C)(C)c1ccc(-c2ccc(Cl)cc2-c2nnc(CCl)o2)c(S(N)(=O)=O)c1. The molecular formula is C19H19Cl2N3O3S. The lowest BCUT2D eigenvalue weighted by Gasteiger charge is -2.21. The van der Waals surface area contributed by atoms with Gasteiger partial charge in [-0.1, -0.05) is 50.6 Å². The normalized spacial score (nSPS) is 12.4. The largest absolute Gasteiger partial charge is 0.419 e. The standard InChI is InChI=1S/C19H19Cl2N3O3S/c1-19(2,3)11-4-6-14(16(8-11)28(22,25)26)13-7-5-12(21)9-15(13)18-24-23-17(10-20)27-18/h4-9H,10H2,1-3H3,(H2,22,25,26). The van der Waals surface area contributed by atoms with Crippen LogP contribution < -0.4 is 5.14 Å². The van der Waals surface area contributed by atoms with Gasteiger partial charge in [0.05, 0.1) is 4.90 Å². The van der Waals surface area contributed by atoms with Crippen LogP contribution in [0.5, 0.6) is 0 Å². The van der Waals surface area contributed by atoms with Crippen LogP contribution in [-0.2, 0) is 21.3 Å². The van der Waals surface area contributed by atoms with Crippen molar-refractivity contribution in [3.63, 3.8) is 0 Å². The summed E-state index contributed by atoms with van der Waals surface area (Å²) in [6, 6.07) is 10.2. The van der Waals surface area contributed by atoms with Crippen molar-refractivity contribution in [2.24, 2.45) is 5.14 Å². The van der Waals surface area contributed by atoms with Gasteiger partial charge in [0.15, 0.2) is 0 Å². The van der Waals surface area contributed by atoms with Crippen molar-refractivity contribution in [1.82, 2.24) is 10.2 Å². The predicted octanol–water partition coefficient (Wildman–Crippen LogP) is 4.74. The summed E-state index contributed by atoms with van der Waals surface area (Å²) in [7, 11) is -3.99. The highest BCUT2D eigenvalue weighted by Crippen LogP contribution is 2.38. The molecule has 6 nitrogen and oxygen atoms in total. The van der Waals surface area contributed by atoms with Crippen LogP contribution in [0.1, 0.15) is 32.2 Å². The number of alkyl halides is 1. The first-order valence-corrected chi connectivity index (χ1v) is 10.8. The third-order valence-corrected chi connectivity index (χ3v) is 5.65. The number of aromatic nitrogens is 2. The number of primary sulfonamides is 1. The van der Waals surface area contributed by atoms with Crippen molar-refractivity contribution in [2.45, 2.75) is 37.0 Å². The zero-order valence-electron chi connectivity index (χ0n) is 15.5. The highest BCUT2D eigenvalue weighted by molar-refractivity contribution is 7.89. The lowest BCUT2D eigenvalue weighted by molar-refractivity contribution is 0.527. The van der Waals surface area contributed by atoms with E-state index in [1.54, 1.807) is 30.3 Å². The van der Waals surface area contributed by atoms with Gasteiger partial charge in [-0.25, -0.2) is 13.6 Å². The zero-order valence-corrected chi connectivity index (χ0v) is 17.9. The number of benzene rings is 2. The van der Waals surface area contributed by atoms with E-state index < -0.39 is 10.0 Å². The summed E-state index contributed by atoms with van der Waals surface area (Å²) < 4.78 is 30.3. The lowest BCUT2D eigenvalue weighted by Crippen LogP contribution is -2.17. The maximum absolute atomic E-state index is 12.4. The molecule has 0 atom stereocenters. The Labute approximate surface area is 173 Å². The maximum Gasteiger partial charge on any atom is 0.248 e. The van der Waals surface area contributed by atoms with Crippen LogP contribution >= 0.6 is 23.2 Å². The number of rotatable bonds is 4. The van der Waals surface area contributed by atoms with Gasteiger partial charge in [0, 0.05) is 16.1 Å². The molecular weight excluding hydrogens is 421 g/mol. The Hall–Kier alpha value is -1.93. The molecule has 0 aliphatic rings. The van der Waals surface area contributed by atoms with Crippen LogP contribution in [0.4, 0.5) is 0 Å². The smallest absolute Gasteiger partial charge is 0.248 e. The zero-order chi connectivity index (χ0) is 20.7. The molecule has 0 spiro atoms. The van der Waals surface area contributed by atoms with E-state index in [0.29, 0.717) is 21.7 Å². The number of hydrogen-bond donors (Lipinski definition) is 1. The van der Waals surface area contributed by atoms with E-state index in [4.69, 9.17) is 32.8 Å². The highest BCUT2D eigenvalue weighted by atomic mass is 35.5. The van der Waals surface area contributed by atoms with Crippen molar-refractivity contribution in [3.8, 4) is 22.6 Å². The van der Waals surface area contributed by atoms with Gasteiger partial charge in [0.25, 0.3) is 0 Å². The lowest BCUT2D eigenvalue weighted by atomic mass is 9.86. The Balaban J connectivity index is 2.30. The molecule has 0 aliphatic heterocycles. The maximum atomic E-state index is 12.4. The molecule has 0 aliphatic carbocycles. The summed E-state index contributed by atoms with van der Waals surface area (Å²) in [4.78, 5) is 0.0144. The molecule has 3 rings (SSSR count). The van der Waals surface area contributed by atoms with Gasteiger partial charge in [-0.05, 0) is 34.7 Å². The van der Waals surface area contributed by atoms with Crippen molar-refractivity contribution in [3.05, 3.63) is 52.9 Å². The molecule has 1 aromatic heterocycles. The van der Waals surface area contributed by atoms with Crippen LogP contribution in [0.25, 0.3) is 22.6 Å². The molecule has 0 unspecified atom stereocenters. The summed E-state index contributed by atoms with van der Waals surface area (Å²) in [5.74, 6) is 0.497. The minimum Gasteiger partial charge on any atom is -0.419 e. The van der Waals surface area contributed by atoms with E-state index in [0.717, 1.165) is 5.56 Å². The van der Waals surface area contributed by atoms with E-state index >= 15 is 0 Å². The van der Waals surface area contributed by atoms with Gasteiger partial charge >= 0.3 is 0 Å². The molecule has 0 fully saturated rings. The third-order valence-electron chi connectivity index (χ3n) is 4.24. The van der Waals surface area contributed by atoms with Gasteiger partial charge < -0.3 is 4.42 Å². The molecule has 0 saturated carbocycles. The fraction of sp³-hybridized carbons (Fsp3) is 0.263. The van der Waals surface area contributed by atoms with Crippen molar-refractivity contribution >= 4 is 33.2 Å². The minimum atomic E-state index is -3.99. The quantitative estimate of drug-likeness (QED) is 0.591. The van der Waals surface area contributed by atoms with Crippen LogP contribution in [0.2, 0.25) is 5.02 Å². The van der Waals surface area contributed by atoms with Crippen molar-refractivity contribution in [1.29, 1.82) is 0 Å². The van der Waals surface area contributed by atoms with Crippen LogP contribution in [0, 0.1) is 0 Å². The molecule has 0 saturated heterocycles. The number of hydrogen-bond acceptors (Lipinski definition) is 5. The van der Waals surface area contributed by atoms with Crippen LogP contribution in [0.15, 0.2) is 45.7 Å². The Morgan fingerprint density at radius 1 is 1.04 bits per heavy atom. The Bertz CT molecular complexity index is 1140. The first-order chi connectivity index (χ1) is 13.0. The first-order valence-electron chi connectivity index (χ1n) is 8.36. The van der Waals surface area contributed by atoms with E-state index in [2.05, 4.69) is 10.2 Å². The van der Waals surface area contributed by atoms with E-state index in [-0.39, 0.29) is 28.0 Å². The Kier molecular flexibility index (Phi) is 5.55. The summed E-state index contributed by atoms with van der Waals surface area (Å²) in [6.45, 7) is 5.98.